The average molecular weight is 254 g/mol. The third kappa shape index (κ3) is 1.59. The summed E-state index contributed by atoms with van der Waals surface area (Å²) >= 11 is 0. The van der Waals surface area contributed by atoms with Crippen LogP contribution in [0.3, 0.4) is 0 Å². The van der Waals surface area contributed by atoms with Crippen molar-refractivity contribution in [3.05, 3.63) is 52.8 Å². The molecule has 19 heavy (non-hydrogen) atoms. The Morgan fingerprint density at radius 2 is 2.16 bits per heavy atom. The van der Waals surface area contributed by atoms with E-state index in [9.17, 15) is 9.90 Å². The lowest BCUT2D eigenvalue weighted by Crippen LogP contribution is -2.07. The zero-order chi connectivity index (χ0) is 13.0. The number of aromatic carboxylic acids is 1. The van der Waals surface area contributed by atoms with Gasteiger partial charge in [0.2, 0.25) is 0 Å². The standard InChI is InChI=1S/C15H14N2O2/c18-15(19)13-12-7-10-6-11(10)14(12)17(16-13)8-9-4-2-1-3-5-9/h1-5,10-11H,6-8H2,(H,18,19)/t10?,11-/m0/s1. The normalized spacial score (nSPS) is 22.9. The van der Waals surface area contributed by atoms with Crippen LogP contribution < -0.4 is 0 Å². The Labute approximate surface area is 110 Å². The predicted octanol–water partition coefficient (Wildman–Crippen LogP) is 2.29. The van der Waals surface area contributed by atoms with Gasteiger partial charge in [0.1, 0.15) is 0 Å². The van der Waals surface area contributed by atoms with Gasteiger partial charge in [0.15, 0.2) is 5.69 Å². The van der Waals surface area contributed by atoms with E-state index < -0.39 is 5.97 Å². The molecule has 0 bridgehead atoms. The van der Waals surface area contributed by atoms with Gasteiger partial charge in [0.05, 0.1) is 6.54 Å². The molecule has 4 rings (SSSR count). The second-order valence-electron chi connectivity index (χ2n) is 5.47. The largest absolute Gasteiger partial charge is 0.476 e. The number of carbonyl (C=O) groups is 1. The molecule has 2 aliphatic carbocycles. The van der Waals surface area contributed by atoms with Gasteiger partial charge >= 0.3 is 5.97 Å². The lowest BCUT2D eigenvalue weighted by molar-refractivity contribution is 0.0688. The van der Waals surface area contributed by atoms with E-state index in [1.165, 1.54) is 12.1 Å². The first-order valence-corrected chi connectivity index (χ1v) is 6.61. The zero-order valence-electron chi connectivity index (χ0n) is 10.4. The van der Waals surface area contributed by atoms with Gasteiger partial charge in [-0.3, -0.25) is 4.68 Å². The van der Waals surface area contributed by atoms with Crippen molar-refractivity contribution in [1.82, 2.24) is 9.78 Å². The maximum atomic E-state index is 11.3. The van der Waals surface area contributed by atoms with Crippen molar-refractivity contribution in [1.29, 1.82) is 0 Å². The molecule has 0 aliphatic heterocycles. The summed E-state index contributed by atoms with van der Waals surface area (Å²) in [7, 11) is 0. The SMILES string of the molecule is O=C(O)c1nn(Cc2ccccc2)c2c1CC1C[C@H]21. The molecule has 2 aromatic rings. The predicted molar refractivity (Wildman–Crippen MR) is 69.3 cm³/mol. The molecule has 1 N–H and O–H groups in total. The summed E-state index contributed by atoms with van der Waals surface area (Å²) in [4.78, 5) is 11.3. The van der Waals surface area contributed by atoms with E-state index in [4.69, 9.17) is 0 Å². The maximum absolute atomic E-state index is 11.3. The van der Waals surface area contributed by atoms with Gasteiger partial charge in [-0.25, -0.2) is 4.79 Å². The number of rotatable bonds is 3. The zero-order valence-corrected chi connectivity index (χ0v) is 10.4. The molecule has 2 atom stereocenters. The molecule has 1 saturated carbocycles. The van der Waals surface area contributed by atoms with Gasteiger partial charge in [0.25, 0.3) is 0 Å². The van der Waals surface area contributed by atoms with Crippen molar-refractivity contribution in [3.63, 3.8) is 0 Å². The Kier molecular flexibility index (Phi) is 2.10. The number of carboxylic acids is 1. The molecule has 1 unspecified atom stereocenters. The summed E-state index contributed by atoms with van der Waals surface area (Å²) in [5, 5.41) is 13.6. The van der Waals surface area contributed by atoms with Crippen molar-refractivity contribution >= 4 is 5.97 Å². The molecule has 96 valence electrons. The second kappa shape index (κ2) is 3.70. The first-order chi connectivity index (χ1) is 9.24. The van der Waals surface area contributed by atoms with Crippen LogP contribution in [0.5, 0.6) is 0 Å². The van der Waals surface area contributed by atoms with Crippen molar-refractivity contribution in [2.45, 2.75) is 25.3 Å². The van der Waals surface area contributed by atoms with Crippen molar-refractivity contribution in [3.8, 4) is 0 Å². The summed E-state index contributed by atoms with van der Waals surface area (Å²) in [6.45, 7) is 0.666. The van der Waals surface area contributed by atoms with Crippen LogP contribution >= 0.6 is 0 Å². The molecule has 0 spiro atoms. The number of nitrogens with zero attached hydrogens (tertiary/aromatic N) is 2. The molecule has 0 radical (unpaired) electrons. The maximum Gasteiger partial charge on any atom is 0.356 e. The summed E-state index contributed by atoms with van der Waals surface area (Å²) < 4.78 is 1.91. The molecule has 4 heteroatoms. The van der Waals surface area contributed by atoms with Crippen LogP contribution in [-0.4, -0.2) is 20.9 Å². The van der Waals surface area contributed by atoms with Crippen LogP contribution in [0.2, 0.25) is 0 Å². The minimum Gasteiger partial charge on any atom is -0.476 e. The van der Waals surface area contributed by atoms with E-state index in [1.807, 2.05) is 35.0 Å². The Balaban J connectivity index is 1.76. The fourth-order valence-corrected chi connectivity index (χ4v) is 3.25. The second-order valence-corrected chi connectivity index (χ2v) is 5.47. The summed E-state index contributed by atoms with van der Waals surface area (Å²) in [5.41, 5.74) is 3.57. The molecular formula is C15H14N2O2. The lowest BCUT2D eigenvalue weighted by atomic mass is 10.1. The van der Waals surface area contributed by atoms with Crippen molar-refractivity contribution in [2.75, 3.05) is 0 Å². The first-order valence-electron chi connectivity index (χ1n) is 6.61. The number of carboxylic acid groups (broad SMARTS) is 1. The molecular weight excluding hydrogens is 240 g/mol. The van der Waals surface area contributed by atoms with Crippen LogP contribution in [0.25, 0.3) is 0 Å². The van der Waals surface area contributed by atoms with E-state index >= 15 is 0 Å². The number of benzene rings is 1. The highest BCUT2D eigenvalue weighted by molar-refractivity contribution is 5.88. The Morgan fingerprint density at radius 3 is 2.89 bits per heavy atom. The van der Waals surface area contributed by atoms with E-state index in [1.54, 1.807) is 0 Å². The molecule has 4 nitrogen and oxygen atoms in total. The molecule has 2 aliphatic rings. The fourth-order valence-electron chi connectivity index (χ4n) is 3.25. The lowest BCUT2D eigenvalue weighted by Gasteiger charge is -2.06. The topological polar surface area (TPSA) is 55.1 Å². The third-order valence-corrected chi connectivity index (χ3v) is 4.21. The van der Waals surface area contributed by atoms with Gasteiger partial charge in [-0.05, 0) is 24.3 Å². The van der Waals surface area contributed by atoms with Crippen LogP contribution in [0.1, 0.15) is 39.6 Å². The molecule has 1 aromatic carbocycles. The van der Waals surface area contributed by atoms with Crippen molar-refractivity contribution < 1.29 is 9.90 Å². The summed E-state index contributed by atoms with van der Waals surface area (Å²) in [5.74, 6) is 0.330. The first kappa shape index (κ1) is 10.8. The molecule has 0 amide bonds. The van der Waals surface area contributed by atoms with E-state index in [-0.39, 0.29) is 5.69 Å². The minimum atomic E-state index is -0.899. The van der Waals surface area contributed by atoms with Gasteiger partial charge < -0.3 is 5.11 Å². The van der Waals surface area contributed by atoms with Gasteiger partial charge in [-0.2, -0.15) is 5.10 Å². The third-order valence-electron chi connectivity index (χ3n) is 4.21. The highest BCUT2D eigenvalue weighted by Gasteiger charge is 2.49. The van der Waals surface area contributed by atoms with Gasteiger partial charge in [-0.15, -0.1) is 0 Å². The molecule has 0 saturated heterocycles. The summed E-state index contributed by atoms with van der Waals surface area (Å²) in [6.07, 6.45) is 2.10. The minimum absolute atomic E-state index is 0.262. The van der Waals surface area contributed by atoms with E-state index in [2.05, 4.69) is 5.10 Å². The van der Waals surface area contributed by atoms with E-state index in [0.717, 1.165) is 17.5 Å². The number of fused-ring (bicyclic) bond motifs is 3. The number of aromatic nitrogens is 2. The highest BCUT2D eigenvalue weighted by atomic mass is 16.4. The Bertz CT molecular complexity index is 660. The average Bonchev–Trinajstić information content (AvgIpc) is 2.92. The smallest absolute Gasteiger partial charge is 0.356 e. The molecule has 1 aromatic heterocycles. The Morgan fingerprint density at radius 1 is 1.37 bits per heavy atom. The monoisotopic (exact) mass is 254 g/mol. The molecule has 1 heterocycles. The van der Waals surface area contributed by atoms with Gasteiger partial charge in [0, 0.05) is 17.2 Å². The number of hydrogen-bond donors (Lipinski definition) is 1. The van der Waals surface area contributed by atoms with Crippen LogP contribution in [-0.2, 0) is 13.0 Å². The quantitative estimate of drug-likeness (QED) is 0.914. The molecule has 1 fully saturated rings. The highest BCUT2D eigenvalue weighted by Crippen LogP contribution is 2.56. The van der Waals surface area contributed by atoms with Crippen LogP contribution in [0, 0.1) is 5.92 Å². The van der Waals surface area contributed by atoms with Crippen LogP contribution in [0.4, 0.5) is 0 Å². The van der Waals surface area contributed by atoms with E-state index in [0.29, 0.717) is 18.4 Å². The van der Waals surface area contributed by atoms with Crippen LogP contribution in [0.15, 0.2) is 30.3 Å². The fraction of sp³-hybridized carbons (Fsp3) is 0.333. The van der Waals surface area contributed by atoms with Gasteiger partial charge in [-0.1, -0.05) is 30.3 Å². The van der Waals surface area contributed by atoms with Crippen molar-refractivity contribution in [2.24, 2.45) is 5.92 Å². The Hall–Kier alpha value is -2.10. The summed E-state index contributed by atoms with van der Waals surface area (Å²) in [6, 6.07) is 10.1. The number of hydrogen-bond acceptors (Lipinski definition) is 2.